The Labute approximate surface area is 123 Å². The molecule has 0 aromatic heterocycles. The van der Waals surface area contributed by atoms with Crippen LogP contribution in [-0.2, 0) is 4.79 Å². The monoisotopic (exact) mass is 281 g/mol. The summed E-state index contributed by atoms with van der Waals surface area (Å²) in [5.41, 5.74) is 7.85. The van der Waals surface area contributed by atoms with Crippen molar-refractivity contribution in [3.05, 3.63) is 23.3 Å². The lowest BCUT2D eigenvalue weighted by atomic mass is 10.1. The average Bonchev–Trinajstić information content (AvgIpc) is 2.37. The third kappa shape index (κ3) is 13.3. The molecule has 1 amide bonds. The van der Waals surface area contributed by atoms with Crippen LogP contribution in [0, 0.1) is 0 Å². The minimum absolute atomic E-state index is 0.0154. The second-order valence-corrected chi connectivity index (χ2v) is 5.35. The Bertz CT molecular complexity index is 318. The Morgan fingerprint density at radius 3 is 2.45 bits per heavy atom. The van der Waals surface area contributed by atoms with Gasteiger partial charge in [0.1, 0.15) is 0 Å². The Morgan fingerprint density at radius 2 is 1.80 bits per heavy atom. The van der Waals surface area contributed by atoms with Gasteiger partial charge in [-0.15, -0.1) is 0 Å². The molecular formula is C16H31N3O. The molecule has 0 saturated heterocycles. The zero-order valence-corrected chi connectivity index (χ0v) is 13.3. The smallest absolute Gasteiger partial charge is 0.243 e. The van der Waals surface area contributed by atoms with Gasteiger partial charge in [0.15, 0.2) is 0 Å². The highest BCUT2D eigenvalue weighted by molar-refractivity contribution is 5.88. The fourth-order valence-corrected chi connectivity index (χ4v) is 1.71. The molecule has 0 aliphatic rings. The Balaban J connectivity index is 3.63. The summed E-state index contributed by atoms with van der Waals surface area (Å²) in [5.74, 6) is 0.0154. The Morgan fingerprint density at radius 1 is 1.10 bits per heavy atom. The van der Waals surface area contributed by atoms with Crippen LogP contribution in [0.5, 0.6) is 0 Å². The van der Waals surface area contributed by atoms with Crippen molar-refractivity contribution in [1.82, 2.24) is 10.6 Å². The van der Waals surface area contributed by atoms with E-state index < -0.39 is 0 Å². The summed E-state index contributed by atoms with van der Waals surface area (Å²) < 4.78 is 0. The van der Waals surface area contributed by atoms with Crippen molar-refractivity contribution in [3.63, 3.8) is 0 Å². The Kier molecular flexibility index (Phi) is 12.2. The lowest BCUT2D eigenvalue weighted by Gasteiger charge is -2.05. The number of hydrogen-bond acceptors (Lipinski definition) is 3. The van der Waals surface area contributed by atoms with E-state index in [-0.39, 0.29) is 5.91 Å². The molecule has 0 fully saturated rings. The number of amides is 1. The molecule has 0 bridgehead atoms. The van der Waals surface area contributed by atoms with Crippen LogP contribution >= 0.6 is 0 Å². The van der Waals surface area contributed by atoms with Crippen molar-refractivity contribution in [2.24, 2.45) is 5.73 Å². The standard InChI is InChI=1S/C16H31N3O/c1-14(2)7-4-8-15(3)13-16(20)19-12-6-11-18-10-5-9-17/h7,13,18H,4-6,8-12,17H2,1-3H3,(H,19,20)/b15-13+. The van der Waals surface area contributed by atoms with Crippen LogP contribution in [0.3, 0.4) is 0 Å². The van der Waals surface area contributed by atoms with Crippen molar-refractivity contribution in [2.75, 3.05) is 26.2 Å². The molecule has 0 rings (SSSR count). The van der Waals surface area contributed by atoms with Gasteiger partial charge in [-0.05, 0) is 66.1 Å². The molecule has 0 radical (unpaired) electrons. The summed E-state index contributed by atoms with van der Waals surface area (Å²) in [6.45, 7) is 9.50. The molecule has 0 aromatic rings. The molecule has 0 heterocycles. The van der Waals surface area contributed by atoms with Gasteiger partial charge in [0.05, 0.1) is 0 Å². The molecule has 0 unspecified atom stereocenters. The maximum Gasteiger partial charge on any atom is 0.243 e. The molecule has 0 aliphatic carbocycles. The van der Waals surface area contributed by atoms with Crippen LogP contribution in [0.4, 0.5) is 0 Å². The molecule has 0 atom stereocenters. The molecule has 0 aliphatic heterocycles. The molecular weight excluding hydrogens is 250 g/mol. The van der Waals surface area contributed by atoms with Crippen molar-refractivity contribution in [2.45, 2.75) is 46.5 Å². The average molecular weight is 281 g/mol. The SMILES string of the molecule is CC(C)=CCC/C(C)=C/C(=O)NCCCNCCCN. The summed E-state index contributed by atoms with van der Waals surface area (Å²) in [5, 5.41) is 6.19. The second kappa shape index (κ2) is 12.9. The molecule has 0 saturated carbocycles. The third-order valence-corrected chi connectivity index (χ3v) is 2.86. The molecule has 4 heteroatoms. The minimum atomic E-state index is 0.0154. The van der Waals surface area contributed by atoms with Gasteiger partial charge in [-0.25, -0.2) is 0 Å². The van der Waals surface area contributed by atoms with E-state index in [1.54, 1.807) is 6.08 Å². The molecule has 116 valence electrons. The predicted molar refractivity (Wildman–Crippen MR) is 86.6 cm³/mol. The van der Waals surface area contributed by atoms with Gasteiger partial charge in [0.2, 0.25) is 5.91 Å². The normalized spacial score (nSPS) is 11.3. The summed E-state index contributed by atoms with van der Waals surface area (Å²) >= 11 is 0. The van der Waals surface area contributed by atoms with Gasteiger partial charge in [-0.3, -0.25) is 4.79 Å². The molecule has 4 nitrogen and oxygen atoms in total. The topological polar surface area (TPSA) is 67.2 Å². The van der Waals surface area contributed by atoms with E-state index in [9.17, 15) is 4.79 Å². The second-order valence-electron chi connectivity index (χ2n) is 5.35. The maximum absolute atomic E-state index is 11.6. The zero-order valence-electron chi connectivity index (χ0n) is 13.3. The highest BCUT2D eigenvalue weighted by atomic mass is 16.1. The first-order chi connectivity index (χ1) is 9.56. The lowest BCUT2D eigenvalue weighted by Crippen LogP contribution is -2.27. The van der Waals surface area contributed by atoms with Gasteiger partial charge in [0.25, 0.3) is 0 Å². The van der Waals surface area contributed by atoms with Crippen molar-refractivity contribution in [3.8, 4) is 0 Å². The first-order valence-corrected chi connectivity index (χ1v) is 7.55. The van der Waals surface area contributed by atoms with Gasteiger partial charge in [-0.2, -0.15) is 0 Å². The van der Waals surface area contributed by atoms with Crippen LogP contribution in [0.1, 0.15) is 46.5 Å². The summed E-state index contributed by atoms with van der Waals surface area (Å²) in [7, 11) is 0. The van der Waals surface area contributed by atoms with E-state index in [4.69, 9.17) is 5.73 Å². The predicted octanol–water partition coefficient (Wildman–Crippen LogP) is 2.12. The number of nitrogens with one attached hydrogen (secondary N) is 2. The third-order valence-electron chi connectivity index (χ3n) is 2.86. The van der Waals surface area contributed by atoms with Gasteiger partial charge in [-0.1, -0.05) is 17.2 Å². The van der Waals surface area contributed by atoms with Gasteiger partial charge < -0.3 is 16.4 Å². The first-order valence-electron chi connectivity index (χ1n) is 7.55. The van der Waals surface area contributed by atoms with Crippen molar-refractivity contribution < 1.29 is 4.79 Å². The van der Waals surface area contributed by atoms with Crippen LogP contribution in [0.2, 0.25) is 0 Å². The number of hydrogen-bond donors (Lipinski definition) is 3. The number of carbonyl (C=O) groups is 1. The quantitative estimate of drug-likeness (QED) is 0.309. The van der Waals surface area contributed by atoms with Crippen LogP contribution in [-0.4, -0.2) is 32.1 Å². The van der Waals surface area contributed by atoms with Gasteiger partial charge in [0, 0.05) is 12.6 Å². The van der Waals surface area contributed by atoms with Crippen LogP contribution in [0.15, 0.2) is 23.3 Å². The highest BCUT2D eigenvalue weighted by Crippen LogP contribution is 2.06. The largest absolute Gasteiger partial charge is 0.353 e. The van der Waals surface area contributed by atoms with E-state index in [1.807, 2.05) is 6.92 Å². The molecule has 0 spiro atoms. The maximum atomic E-state index is 11.6. The van der Waals surface area contributed by atoms with Crippen molar-refractivity contribution in [1.29, 1.82) is 0 Å². The van der Waals surface area contributed by atoms with Crippen LogP contribution in [0.25, 0.3) is 0 Å². The van der Waals surface area contributed by atoms with E-state index in [1.165, 1.54) is 5.57 Å². The summed E-state index contributed by atoms with van der Waals surface area (Å²) in [6, 6.07) is 0. The highest BCUT2D eigenvalue weighted by Gasteiger charge is 1.97. The number of allylic oxidation sites excluding steroid dienone is 3. The van der Waals surface area contributed by atoms with E-state index in [0.717, 1.165) is 50.9 Å². The van der Waals surface area contributed by atoms with Crippen molar-refractivity contribution >= 4 is 5.91 Å². The minimum Gasteiger partial charge on any atom is -0.353 e. The Hall–Kier alpha value is -1.13. The molecule has 0 aromatic carbocycles. The fraction of sp³-hybridized carbons (Fsp3) is 0.688. The fourth-order valence-electron chi connectivity index (χ4n) is 1.71. The number of nitrogens with two attached hydrogens (primary N) is 1. The van der Waals surface area contributed by atoms with Crippen LogP contribution < -0.4 is 16.4 Å². The van der Waals surface area contributed by atoms with Gasteiger partial charge >= 0.3 is 0 Å². The zero-order chi connectivity index (χ0) is 15.2. The number of rotatable bonds is 11. The van der Waals surface area contributed by atoms with E-state index in [0.29, 0.717) is 6.54 Å². The first kappa shape index (κ1) is 18.9. The summed E-state index contributed by atoms with van der Waals surface area (Å²) in [4.78, 5) is 11.6. The molecule has 4 N–H and O–H groups in total. The lowest BCUT2D eigenvalue weighted by molar-refractivity contribution is -0.116. The van der Waals surface area contributed by atoms with E-state index in [2.05, 4.69) is 30.6 Å². The molecule has 20 heavy (non-hydrogen) atoms. The van der Waals surface area contributed by atoms with E-state index >= 15 is 0 Å². The number of carbonyl (C=O) groups excluding carboxylic acids is 1. The summed E-state index contributed by atoms with van der Waals surface area (Å²) in [6.07, 6.45) is 7.80.